The summed E-state index contributed by atoms with van der Waals surface area (Å²) in [7, 11) is 3.40. The molecule has 0 fully saturated rings. The number of hydrogen-bond donors (Lipinski definition) is 2. The van der Waals surface area contributed by atoms with E-state index in [1.807, 2.05) is 36.4 Å². The topological polar surface area (TPSA) is 67.8 Å². The fourth-order valence-electron chi connectivity index (χ4n) is 2.53. The van der Waals surface area contributed by atoms with Crippen LogP contribution >= 0.6 is 35.3 Å². The molecular weight excluding hydrogens is 499 g/mol. The number of aromatic nitrogens is 1. The molecule has 0 aliphatic rings. The fraction of sp³-hybridized carbons (Fsp3) is 0.238. The van der Waals surface area contributed by atoms with Crippen LogP contribution in [0.2, 0.25) is 0 Å². The summed E-state index contributed by atoms with van der Waals surface area (Å²) in [4.78, 5) is 9.98. The molecule has 2 heterocycles. The third-order valence-corrected chi connectivity index (χ3v) is 4.92. The van der Waals surface area contributed by atoms with E-state index in [1.54, 1.807) is 31.7 Å². The van der Waals surface area contributed by atoms with Crippen molar-refractivity contribution in [2.24, 2.45) is 4.99 Å². The smallest absolute Gasteiger partial charge is 0.219 e. The van der Waals surface area contributed by atoms with E-state index in [4.69, 9.17) is 9.47 Å². The maximum absolute atomic E-state index is 5.76. The molecule has 0 atom stereocenters. The molecule has 0 bridgehead atoms. The molecule has 2 aromatic heterocycles. The summed E-state index contributed by atoms with van der Waals surface area (Å²) in [6.45, 7) is 1.47. The largest absolute Gasteiger partial charge is 0.497 e. The number of rotatable bonds is 8. The SMILES string of the molecule is CN=C(NCCc1cccs1)NCc1ccc(Oc2cccc(OC)c2)nc1.I. The first kappa shape index (κ1) is 23.0. The first-order valence-electron chi connectivity index (χ1n) is 9.00. The summed E-state index contributed by atoms with van der Waals surface area (Å²) in [5.74, 6) is 2.74. The van der Waals surface area contributed by atoms with Gasteiger partial charge in [0.1, 0.15) is 11.5 Å². The average Bonchev–Trinajstić information content (AvgIpc) is 3.25. The molecule has 8 heteroatoms. The lowest BCUT2D eigenvalue weighted by molar-refractivity contribution is 0.407. The van der Waals surface area contributed by atoms with Gasteiger partial charge in [-0.25, -0.2) is 4.98 Å². The number of guanidine groups is 1. The van der Waals surface area contributed by atoms with E-state index in [1.165, 1.54) is 4.88 Å². The number of pyridine rings is 1. The van der Waals surface area contributed by atoms with Crippen molar-refractivity contribution in [1.82, 2.24) is 15.6 Å². The van der Waals surface area contributed by atoms with Crippen molar-refractivity contribution >= 4 is 41.3 Å². The zero-order valence-corrected chi connectivity index (χ0v) is 19.6. The standard InChI is InChI=1S/C21H24N4O2S.HI/c1-22-21(23-11-10-19-7-4-12-28-19)25-15-16-8-9-20(24-14-16)27-18-6-3-5-17(13-18)26-2;/h3-9,12-14H,10-11,15H2,1-2H3,(H2,22,23,25);1H. The van der Waals surface area contributed by atoms with Gasteiger partial charge in [0, 0.05) is 43.3 Å². The zero-order valence-electron chi connectivity index (χ0n) is 16.4. The van der Waals surface area contributed by atoms with Crippen LogP contribution in [-0.2, 0) is 13.0 Å². The minimum absolute atomic E-state index is 0. The van der Waals surface area contributed by atoms with Gasteiger partial charge in [0.05, 0.1) is 7.11 Å². The Balaban J connectivity index is 0.00000300. The van der Waals surface area contributed by atoms with Crippen molar-refractivity contribution in [3.05, 3.63) is 70.5 Å². The third-order valence-electron chi connectivity index (χ3n) is 3.99. The molecule has 0 spiro atoms. The summed E-state index contributed by atoms with van der Waals surface area (Å²) in [6.07, 6.45) is 2.78. The van der Waals surface area contributed by atoms with Crippen LogP contribution in [-0.4, -0.2) is 31.6 Å². The quantitative estimate of drug-likeness (QED) is 0.259. The molecule has 0 amide bonds. The van der Waals surface area contributed by atoms with Gasteiger partial charge < -0.3 is 20.1 Å². The maximum Gasteiger partial charge on any atom is 0.219 e. The first-order chi connectivity index (χ1) is 13.8. The second-order valence-electron chi connectivity index (χ2n) is 5.97. The van der Waals surface area contributed by atoms with Crippen LogP contribution in [0, 0.1) is 0 Å². The summed E-state index contributed by atoms with van der Waals surface area (Å²) < 4.78 is 11.0. The van der Waals surface area contributed by atoms with Gasteiger partial charge in [-0.1, -0.05) is 18.2 Å². The molecule has 0 unspecified atom stereocenters. The van der Waals surface area contributed by atoms with E-state index in [2.05, 4.69) is 38.1 Å². The van der Waals surface area contributed by atoms with Gasteiger partial charge in [-0.15, -0.1) is 35.3 Å². The number of aliphatic imine (C=N–C) groups is 1. The highest BCUT2D eigenvalue weighted by Gasteiger charge is 2.03. The Hall–Kier alpha value is -2.33. The highest BCUT2D eigenvalue weighted by molar-refractivity contribution is 14.0. The lowest BCUT2D eigenvalue weighted by Crippen LogP contribution is -2.37. The molecule has 0 saturated carbocycles. The number of thiophene rings is 1. The molecule has 0 saturated heterocycles. The second kappa shape index (κ2) is 12.3. The normalized spacial score (nSPS) is 10.8. The van der Waals surface area contributed by atoms with E-state index >= 15 is 0 Å². The number of nitrogens with zero attached hydrogens (tertiary/aromatic N) is 2. The summed E-state index contributed by atoms with van der Waals surface area (Å²) >= 11 is 1.77. The molecular formula is C21H25IN4O2S. The van der Waals surface area contributed by atoms with Crippen LogP contribution in [0.15, 0.2) is 65.1 Å². The zero-order chi connectivity index (χ0) is 19.6. The van der Waals surface area contributed by atoms with Gasteiger partial charge in [0.2, 0.25) is 5.88 Å². The van der Waals surface area contributed by atoms with Crippen LogP contribution in [0.4, 0.5) is 0 Å². The van der Waals surface area contributed by atoms with Crippen LogP contribution in [0.1, 0.15) is 10.4 Å². The highest BCUT2D eigenvalue weighted by atomic mass is 127. The van der Waals surface area contributed by atoms with E-state index in [-0.39, 0.29) is 24.0 Å². The van der Waals surface area contributed by atoms with Crippen LogP contribution in [0.5, 0.6) is 17.4 Å². The Morgan fingerprint density at radius 3 is 2.66 bits per heavy atom. The molecule has 3 rings (SSSR count). The minimum atomic E-state index is 0. The van der Waals surface area contributed by atoms with Crippen molar-refractivity contribution in [3.8, 4) is 17.4 Å². The van der Waals surface area contributed by atoms with Crippen LogP contribution in [0.3, 0.4) is 0 Å². The van der Waals surface area contributed by atoms with E-state index in [0.717, 1.165) is 30.2 Å². The number of hydrogen-bond acceptors (Lipinski definition) is 5. The van der Waals surface area contributed by atoms with E-state index in [0.29, 0.717) is 18.2 Å². The Labute approximate surface area is 192 Å². The van der Waals surface area contributed by atoms with Crippen molar-refractivity contribution in [2.75, 3.05) is 20.7 Å². The predicted octanol–water partition coefficient (Wildman–Crippen LogP) is 4.47. The highest BCUT2D eigenvalue weighted by Crippen LogP contribution is 2.23. The monoisotopic (exact) mass is 524 g/mol. The fourth-order valence-corrected chi connectivity index (χ4v) is 3.24. The predicted molar refractivity (Wildman–Crippen MR) is 129 cm³/mol. The molecule has 29 heavy (non-hydrogen) atoms. The van der Waals surface area contributed by atoms with Gasteiger partial charge in [-0.05, 0) is 35.6 Å². The van der Waals surface area contributed by atoms with Crippen LogP contribution in [0.25, 0.3) is 0 Å². The van der Waals surface area contributed by atoms with Gasteiger partial charge in [-0.2, -0.15) is 0 Å². The average molecular weight is 524 g/mol. The van der Waals surface area contributed by atoms with Crippen molar-refractivity contribution in [2.45, 2.75) is 13.0 Å². The van der Waals surface area contributed by atoms with Crippen molar-refractivity contribution in [3.63, 3.8) is 0 Å². The number of methoxy groups -OCH3 is 1. The number of halogens is 1. The van der Waals surface area contributed by atoms with E-state index in [9.17, 15) is 0 Å². The molecule has 0 aliphatic carbocycles. The Morgan fingerprint density at radius 2 is 1.97 bits per heavy atom. The molecule has 154 valence electrons. The summed E-state index contributed by atoms with van der Waals surface area (Å²) in [5, 5.41) is 8.71. The molecule has 1 aromatic carbocycles. The van der Waals surface area contributed by atoms with Gasteiger partial charge in [0.15, 0.2) is 5.96 Å². The molecule has 0 radical (unpaired) electrons. The Bertz CT molecular complexity index is 886. The van der Waals surface area contributed by atoms with Crippen LogP contribution < -0.4 is 20.1 Å². The molecule has 6 nitrogen and oxygen atoms in total. The van der Waals surface area contributed by atoms with E-state index < -0.39 is 0 Å². The van der Waals surface area contributed by atoms with Crippen molar-refractivity contribution < 1.29 is 9.47 Å². The Morgan fingerprint density at radius 1 is 1.10 bits per heavy atom. The second-order valence-corrected chi connectivity index (χ2v) is 7.00. The molecule has 2 N–H and O–H groups in total. The maximum atomic E-state index is 5.76. The van der Waals surface area contributed by atoms with Gasteiger partial charge in [0.25, 0.3) is 0 Å². The number of nitrogens with one attached hydrogen (secondary N) is 2. The molecule has 3 aromatic rings. The van der Waals surface area contributed by atoms with Crippen molar-refractivity contribution in [1.29, 1.82) is 0 Å². The molecule has 0 aliphatic heterocycles. The minimum Gasteiger partial charge on any atom is -0.497 e. The number of benzene rings is 1. The van der Waals surface area contributed by atoms with Gasteiger partial charge >= 0.3 is 0 Å². The lowest BCUT2D eigenvalue weighted by atomic mass is 10.3. The lowest BCUT2D eigenvalue weighted by Gasteiger charge is -2.12. The van der Waals surface area contributed by atoms with Gasteiger partial charge in [-0.3, -0.25) is 4.99 Å². The summed E-state index contributed by atoms with van der Waals surface area (Å²) in [5.41, 5.74) is 1.04. The number of ether oxygens (including phenoxy) is 2. The first-order valence-corrected chi connectivity index (χ1v) is 9.88. The summed E-state index contributed by atoms with van der Waals surface area (Å²) in [6, 6.07) is 15.5. The third kappa shape index (κ3) is 7.54. The Kier molecular flexibility index (Phi) is 9.72.